The second-order valence-electron chi connectivity index (χ2n) is 5.88. The van der Waals surface area contributed by atoms with Gasteiger partial charge in [-0.25, -0.2) is 4.99 Å². The van der Waals surface area contributed by atoms with Gasteiger partial charge >= 0.3 is 0 Å². The lowest BCUT2D eigenvalue weighted by molar-refractivity contribution is 0.393. The molecule has 0 aromatic heterocycles. The minimum atomic E-state index is 0. The number of anilines is 1. The van der Waals surface area contributed by atoms with Crippen LogP contribution in [0.5, 0.6) is 11.5 Å². The molecule has 1 aliphatic rings. The van der Waals surface area contributed by atoms with Gasteiger partial charge in [0, 0.05) is 49.6 Å². The number of rotatable bonds is 6. The van der Waals surface area contributed by atoms with Gasteiger partial charge in [-0.1, -0.05) is 5.92 Å². The van der Waals surface area contributed by atoms with Gasteiger partial charge in [0.15, 0.2) is 5.96 Å². The second-order valence-corrected chi connectivity index (χ2v) is 5.88. The van der Waals surface area contributed by atoms with Crippen LogP contribution >= 0.6 is 24.0 Å². The molecule has 144 valence electrons. The Morgan fingerprint density at radius 1 is 1.23 bits per heavy atom. The largest absolute Gasteiger partial charge is 0.497 e. The minimum Gasteiger partial charge on any atom is -0.497 e. The van der Waals surface area contributed by atoms with Crippen molar-refractivity contribution in [3.05, 3.63) is 18.2 Å². The molecule has 1 heterocycles. The minimum absolute atomic E-state index is 0. The second kappa shape index (κ2) is 11.7. The third-order valence-electron chi connectivity index (χ3n) is 4.21. The van der Waals surface area contributed by atoms with Crippen molar-refractivity contribution in [3.8, 4) is 23.8 Å². The number of ether oxygens (including phenoxy) is 2. The summed E-state index contributed by atoms with van der Waals surface area (Å²) in [6, 6.07) is 6.38. The molecule has 2 N–H and O–H groups in total. The maximum Gasteiger partial charge on any atom is 0.192 e. The monoisotopic (exact) mass is 472 g/mol. The Kier molecular flexibility index (Phi) is 10.0. The molecule has 2 rings (SSSR count). The van der Waals surface area contributed by atoms with Crippen molar-refractivity contribution in [1.82, 2.24) is 10.6 Å². The van der Waals surface area contributed by atoms with Gasteiger partial charge in [0.25, 0.3) is 0 Å². The van der Waals surface area contributed by atoms with Gasteiger partial charge in [0.05, 0.1) is 14.2 Å². The SMILES string of the molecule is C#CCN=C(NCC)NC1CCN(c2cc(OC)cc(OC)c2)CC1.I. The predicted octanol–water partition coefficient (Wildman–Crippen LogP) is 2.48. The third-order valence-corrected chi connectivity index (χ3v) is 4.21. The molecule has 1 aliphatic heterocycles. The van der Waals surface area contributed by atoms with Crippen LogP contribution in [0.3, 0.4) is 0 Å². The molecule has 0 bridgehead atoms. The number of nitrogens with one attached hydrogen (secondary N) is 2. The van der Waals surface area contributed by atoms with E-state index in [0.717, 1.165) is 55.6 Å². The first kappa shape index (κ1) is 22.2. The molecule has 1 aromatic rings. The average molecular weight is 472 g/mol. The summed E-state index contributed by atoms with van der Waals surface area (Å²) < 4.78 is 10.7. The highest BCUT2D eigenvalue weighted by Crippen LogP contribution is 2.30. The summed E-state index contributed by atoms with van der Waals surface area (Å²) in [5.74, 6) is 4.96. The molecule has 7 heteroatoms. The van der Waals surface area contributed by atoms with Gasteiger partial charge in [-0.05, 0) is 19.8 Å². The number of nitrogens with zero attached hydrogens (tertiary/aromatic N) is 2. The predicted molar refractivity (Wildman–Crippen MR) is 118 cm³/mol. The van der Waals surface area contributed by atoms with Crippen LogP contribution < -0.4 is 25.0 Å². The van der Waals surface area contributed by atoms with Gasteiger partial charge in [-0.2, -0.15) is 0 Å². The zero-order valence-corrected chi connectivity index (χ0v) is 18.1. The molecular weight excluding hydrogens is 443 g/mol. The molecule has 26 heavy (non-hydrogen) atoms. The standard InChI is InChI=1S/C19H28N4O2.HI/c1-5-9-21-19(20-6-2)22-15-7-10-23(11-8-15)16-12-17(24-3)14-18(13-16)25-4;/h1,12-15H,6-11H2,2-4H3,(H2,20,21,22);1H. The van der Waals surface area contributed by atoms with Crippen molar-refractivity contribution < 1.29 is 9.47 Å². The number of terminal acetylenes is 1. The lowest BCUT2D eigenvalue weighted by atomic mass is 10.0. The van der Waals surface area contributed by atoms with E-state index in [1.807, 2.05) is 13.0 Å². The molecular formula is C19H29IN4O2. The molecule has 0 atom stereocenters. The lowest BCUT2D eigenvalue weighted by Crippen LogP contribution is -2.48. The maximum absolute atomic E-state index is 5.37. The van der Waals surface area contributed by atoms with E-state index < -0.39 is 0 Å². The highest BCUT2D eigenvalue weighted by molar-refractivity contribution is 14.0. The molecule has 1 saturated heterocycles. The Hall–Kier alpha value is -1.82. The molecule has 0 spiro atoms. The fraction of sp³-hybridized carbons (Fsp3) is 0.526. The van der Waals surface area contributed by atoms with Crippen molar-refractivity contribution in [1.29, 1.82) is 0 Å². The van der Waals surface area contributed by atoms with Gasteiger partial charge in [-0.3, -0.25) is 0 Å². The van der Waals surface area contributed by atoms with E-state index in [2.05, 4.69) is 38.6 Å². The zero-order chi connectivity index (χ0) is 18.1. The molecule has 0 amide bonds. The van der Waals surface area contributed by atoms with Crippen molar-refractivity contribution in [2.45, 2.75) is 25.8 Å². The number of aliphatic imine (C=N–C) groups is 1. The van der Waals surface area contributed by atoms with E-state index in [1.54, 1.807) is 14.2 Å². The fourth-order valence-corrected chi connectivity index (χ4v) is 2.90. The van der Waals surface area contributed by atoms with Crippen molar-refractivity contribution >= 4 is 35.6 Å². The van der Waals surface area contributed by atoms with Gasteiger partial charge in [0.1, 0.15) is 18.0 Å². The zero-order valence-electron chi connectivity index (χ0n) is 15.7. The number of hydrogen-bond donors (Lipinski definition) is 2. The van der Waals surface area contributed by atoms with E-state index in [4.69, 9.17) is 15.9 Å². The average Bonchev–Trinajstić information content (AvgIpc) is 2.66. The summed E-state index contributed by atoms with van der Waals surface area (Å²) in [7, 11) is 3.35. The van der Waals surface area contributed by atoms with E-state index in [1.165, 1.54) is 0 Å². The van der Waals surface area contributed by atoms with E-state index in [9.17, 15) is 0 Å². The summed E-state index contributed by atoms with van der Waals surface area (Å²) in [5.41, 5.74) is 1.13. The first-order valence-corrected chi connectivity index (χ1v) is 8.66. The highest BCUT2D eigenvalue weighted by atomic mass is 127. The molecule has 0 radical (unpaired) electrons. The number of piperidine rings is 1. The van der Waals surface area contributed by atoms with Gasteiger partial charge < -0.3 is 25.0 Å². The smallest absolute Gasteiger partial charge is 0.192 e. The van der Waals surface area contributed by atoms with Gasteiger partial charge in [0.2, 0.25) is 0 Å². The quantitative estimate of drug-likeness (QED) is 0.289. The van der Waals surface area contributed by atoms with Crippen molar-refractivity contribution in [3.63, 3.8) is 0 Å². The van der Waals surface area contributed by atoms with E-state index in [-0.39, 0.29) is 24.0 Å². The first-order valence-electron chi connectivity index (χ1n) is 8.66. The van der Waals surface area contributed by atoms with Crippen LogP contribution in [-0.2, 0) is 0 Å². The fourth-order valence-electron chi connectivity index (χ4n) is 2.90. The van der Waals surface area contributed by atoms with Crippen molar-refractivity contribution in [2.24, 2.45) is 4.99 Å². The van der Waals surface area contributed by atoms with Crippen LogP contribution in [0.4, 0.5) is 5.69 Å². The van der Waals surface area contributed by atoms with E-state index in [0.29, 0.717) is 12.6 Å². The van der Waals surface area contributed by atoms with Crippen LogP contribution in [0, 0.1) is 12.3 Å². The van der Waals surface area contributed by atoms with Crippen LogP contribution in [-0.4, -0.2) is 52.4 Å². The molecule has 6 nitrogen and oxygen atoms in total. The van der Waals surface area contributed by atoms with Gasteiger partial charge in [-0.15, -0.1) is 30.4 Å². The number of hydrogen-bond acceptors (Lipinski definition) is 4. The molecule has 1 fully saturated rings. The number of methoxy groups -OCH3 is 2. The molecule has 1 aromatic carbocycles. The van der Waals surface area contributed by atoms with Crippen LogP contribution in [0.15, 0.2) is 23.2 Å². The summed E-state index contributed by atoms with van der Waals surface area (Å²) in [6.45, 7) is 5.17. The lowest BCUT2D eigenvalue weighted by Gasteiger charge is -2.34. The summed E-state index contributed by atoms with van der Waals surface area (Å²) in [6.07, 6.45) is 7.35. The van der Waals surface area contributed by atoms with Crippen LogP contribution in [0.1, 0.15) is 19.8 Å². The summed E-state index contributed by atoms with van der Waals surface area (Å²) in [5, 5.41) is 6.71. The molecule has 0 saturated carbocycles. The Morgan fingerprint density at radius 3 is 2.35 bits per heavy atom. The number of halogens is 1. The Balaban J connectivity index is 0.00000338. The van der Waals surface area contributed by atoms with Crippen LogP contribution in [0.25, 0.3) is 0 Å². The summed E-state index contributed by atoms with van der Waals surface area (Å²) >= 11 is 0. The normalized spacial score (nSPS) is 14.8. The van der Waals surface area contributed by atoms with Crippen molar-refractivity contribution in [2.75, 3.05) is 45.3 Å². The van der Waals surface area contributed by atoms with E-state index >= 15 is 0 Å². The topological polar surface area (TPSA) is 58.1 Å². The Labute approximate surface area is 173 Å². The molecule has 0 aliphatic carbocycles. The third kappa shape index (κ3) is 6.48. The number of benzene rings is 1. The van der Waals surface area contributed by atoms with Crippen LogP contribution in [0.2, 0.25) is 0 Å². The first-order chi connectivity index (χ1) is 12.2. The Morgan fingerprint density at radius 2 is 1.85 bits per heavy atom. The number of guanidine groups is 1. The molecule has 0 unspecified atom stereocenters. The Bertz CT molecular complexity index is 600. The summed E-state index contributed by atoms with van der Waals surface area (Å²) in [4.78, 5) is 6.72. The highest BCUT2D eigenvalue weighted by Gasteiger charge is 2.21. The maximum atomic E-state index is 5.37.